The van der Waals surface area contributed by atoms with Crippen LogP contribution in [0.3, 0.4) is 0 Å². The van der Waals surface area contributed by atoms with E-state index in [1.807, 2.05) is 39.0 Å². The third-order valence-corrected chi connectivity index (χ3v) is 4.04. The van der Waals surface area contributed by atoms with E-state index in [4.69, 9.17) is 11.6 Å². The quantitative estimate of drug-likeness (QED) is 0.890. The van der Waals surface area contributed by atoms with Crippen molar-refractivity contribution in [3.8, 4) is 0 Å². The summed E-state index contributed by atoms with van der Waals surface area (Å²) >= 11 is 6.10. The SMILES string of the molecule is Cc1nn(CCC(=O)N[C@H](C)Cc2ccccn2)c(C)c1Cl. The molecule has 1 N–H and O–H groups in total. The molecule has 22 heavy (non-hydrogen) atoms. The Bertz CT molecular complexity index is 639. The predicted octanol–water partition coefficient (Wildman–Crippen LogP) is 2.69. The predicted molar refractivity (Wildman–Crippen MR) is 86.9 cm³/mol. The largest absolute Gasteiger partial charge is 0.353 e. The van der Waals surface area contributed by atoms with Gasteiger partial charge in [-0.25, -0.2) is 0 Å². The zero-order chi connectivity index (χ0) is 16.1. The van der Waals surface area contributed by atoms with E-state index in [2.05, 4.69) is 15.4 Å². The van der Waals surface area contributed by atoms with Crippen molar-refractivity contribution in [3.05, 3.63) is 46.5 Å². The van der Waals surface area contributed by atoms with Crippen LogP contribution in [-0.2, 0) is 17.8 Å². The maximum absolute atomic E-state index is 12.0. The van der Waals surface area contributed by atoms with Gasteiger partial charge in [0.2, 0.25) is 5.91 Å². The highest BCUT2D eigenvalue weighted by atomic mass is 35.5. The Balaban J connectivity index is 1.81. The normalized spacial score (nSPS) is 12.2. The van der Waals surface area contributed by atoms with Gasteiger partial charge in [0.15, 0.2) is 0 Å². The van der Waals surface area contributed by atoms with Crippen LogP contribution in [0.25, 0.3) is 0 Å². The molecule has 2 heterocycles. The highest BCUT2D eigenvalue weighted by Crippen LogP contribution is 2.18. The van der Waals surface area contributed by atoms with Gasteiger partial charge in [-0.05, 0) is 32.9 Å². The average Bonchev–Trinajstić information content (AvgIpc) is 2.73. The molecule has 0 bridgehead atoms. The maximum atomic E-state index is 12.0. The van der Waals surface area contributed by atoms with Crippen LogP contribution < -0.4 is 5.32 Å². The maximum Gasteiger partial charge on any atom is 0.222 e. The van der Waals surface area contributed by atoms with Crippen molar-refractivity contribution in [3.63, 3.8) is 0 Å². The number of amides is 1. The fraction of sp³-hybridized carbons (Fsp3) is 0.438. The van der Waals surface area contributed by atoms with Crippen molar-refractivity contribution in [1.29, 1.82) is 0 Å². The smallest absolute Gasteiger partial charge is 0.222 e. The second-order valence-electron chi connectivity index (χ2n) is 5.45. The van der Waals surface area contributed by atoms with Crippen LogP contribution >= 0.6 is 11.6 Å². The molecule has 5 nitrogen and oxygen atoms in total. The summed E-state index contributed by atoms with van der Waals surface area (Å²) in [6.07, 6.45) is 2.86. The molecule has 2 rings (SSSR count). The lowest BCUT2D eigenvalue weighted by atomic mass is 10.1. The van der Waals surface area contributed by atoms with E-state index in [1.165, 1.54) is 0 Å². The monoisotopic (exact) mass is 320 g/mol. The van der Waals surface area contributed by atoms with E-state index in [-0.39, 0.29) is 11.9 Å². The molecule has 0 unspecified atom stereocenters. The number of nitrogens with zero attached hydrogens (tertiary/aromatic N) is 3. The van der Waals surface area contributed by atoms with E-state index < -0.39 is 0 Å². The molecule has 0 radical (unpaired) electrons. The molecule has 2 aromatic rings. The zero-order valence-electron chi connectivity index (χ0n) is 13.1. The van der Waals surface area contributed by atoms with Crippen LogP contribution in [0.2, 0.25) is 5.02 Å². The minimum atomic E-state index is 0.00658. The third kappa shape index (κ3) is 4.31. The van der Waals surface area contributed by atoms with Gasteiger partial charge >= 0.3 is 0 Å². The molecule has 2 aromatic heterocycles. The Hall–Kier alpha value is -1.88. The first-order valence-corrected chi connectivity index (χ1v) is 7.74. The number of hydrogen-bond acceptors (Lipinski definition) is 3. The van der Waals surface area contributed by atoms with Gasteiger partial charge in [0.05, 0.1) is 23.0 Å². The average molecular weight is 321 g/mol. The molecule has 1 amide bonds. The summed E-state index contributed by atoms with van der Waals surface area (Å²) in [5.74, 6) is 0.00658. The molecule has 0 aromatic carbocycles. The van der Waals surface area contributed by atoms with Crippen LogP contribution in [0.15, 0.2) is 24.4 Å². The second-order valence-corrected chi connectivity index (χ2v) is 5.83. The summed E-state index contributed by atoms with van der Waals surface area (Å²) in [7, 11) is 0. The number of aromatic nitrogens is 3. The van der Waals surface area contributed by atoms with Gasteiger partial charge in [-0.3, -0.25) is 14.5 Å². The number of carbonyl (C=O) groups is 1. The Morgan fingerprint density at radius 2 is 2.18 bits per heavy atom. The van der Waals surface area contributed by atoms with Gasteiger partial charge in [-0.15, -0.1) is 0 Å². The summed E-state index contributed by atoms with van der Waals surface area (Å²) in [6.45, 7) is 6.28. The van der Waals surface area contributed by atoms with Crippen LogP contribution in [0.5, 0.6) is 0 Å². The minimum Gasteiger partial charge on any atom is -0.353 e. The number of aryl methyl sites for hydroxylation is 2. The molecule has 0 saturated heterocycles. The molecule has 0 spiro atoms. The van der Waals surface area contributed by atoms with E-state index in [9.17, 15) is 4.79 Å². The molecular weight excluding hydrogens is 300 g/mol. The molecule has 118 valence electrons. The summed E-state index contributed by atoms with van der Waals surface area (Å²) in [5.41, 5.74) is 2.66. The molecule has 0 aliphatic carbocycles. The van der Waals surface area contributed by atoms with E-state index in [0.717, 1.165) is 23.5 Å². The van der Waals surface area contributed by atoms with Gasteiger partial charge in [0, 0.05) is 30.8 Å². The summed E-state index contributed by atoms with van der Waals surface area (Å²) in [6, 6.07) is 5.84. The fourth-order valence-corrected chi connectivity index (χ4v) is 2.47. The van der Waals surface area contributed by atoms with Crippen molar-refractivity contribution in [2.45, 2.75) is 46.2 Å². The number of hydrogen-bond donors (Lipinski definition) is 1. The standard InChI is InChI=1S/C16H21ClN4O/c1-11(10-14-6-4-5-8-18-14)19-15(22)7-9-21-13(3)16(17)12(2)20-21/h4-6,8,11H,7,9-10H2,1-3H3,(H,19,22)/t11-/m1/s1. The first-order valence-electron chi connectivity index (χ1n) is 7.36. The lowest BCUT2D eigenvalue weighted by molar-refractivity contribution is -0.121. The Labute approximate surface area is 135 Å². The highest BCUT2D eigenvalue weighted by molar-refractivity contribution is 6.31. The van der Waals surface area contributed by atoms with E-state index in [1.54, 1.807) is 10.9 Å². The highest BCUT2D eigenvalue weighted by Gasteiger charge is 2.12. The number of carbonyl (C=O) groups excluding carboxylic acids is 1. The number of nitrogens with one attached hydrogen (secondary N) is 1. The fourth-order valence-electron chi connectivity index (χ4n) is 2.33. The third-order valence-electron chi connectivity index (χ3n) is 3.49. The lowest BCUT2D eigenvalue weighted by Gasteiger charge is -2.13. The van der Waals surface area contributed by atoms with Crippen molar-refractivity contribution in [2.24, 2.45) is 0 Å². The van der Waals surface area contributed by atoms with Crippen LogP contribution in [-0.4, -0.2) is 26.7 Å². The van der Waals surface area contributed by atoms with Crippen LogP contribution in [0.1, 0.15) is 30.4 Å². The van der Waals surface area contributed by atoms with Gasteiger partial charge in [0.1, 0.15) is 0 Å². The van der Waals surface area contributed by atoms with Crippen LogP contribution in [0.4, 0.5) is 0 Å². The number of halogens is 1. The van der Waals surface area contributed by atoms with Gasteiger partial charge in [-0.2, -0.15) is 5.10 Å². The van der Waals surface area contributed by atoms with Gasteiger partial charge in [0.25, 0.3) is 0 Å². The van der Waals surface area contributed by atoms with Crippen molar-refractivity contribution in [1.82, 2.24) is 20.1 Å². The Morgan fingerprint density at radius 1 is 1.41 bits per heavy atom. The molecule has 0 aliphatic rings. The van der Waals surface area contributed by atoms with Crippen molar-refractivity contribution in [2.75, 3.05) is 0 Å². The van der Waals surface area contributed by atoms with Crippen molar-refractivity contribution < 1.29 is 4.79 Å². The molecule has 0 aliphatic heterocycles. The minimum absolute atomic E-state index is 0.00658. The first-order chi connectivity index (χ1) is 10.5. The van der Waals surface area contributed by atoms with Gasteiger partial charge < -0.3 is 5.32 Å². The molecule has 0 saturated carbocycles. The zero-order valence-corrected chi connectivity index (χ0v) is 13.9. The number of rotatable bonds is 6. The summed E-state index contributed by atoms with van der Waals surface area (Å²) in [5, 5.41) is 7.98. The molecule has 1 atom stereocenters. The first kappa shape index (κ1) is 16.5. The second kappa shape index (κ2) is 7.40. The van der Waals surface area contributed by atoms with E-state index in [0.29, 0.717) is 18.0 Å². The Kier molecular flexibility index (Phi) is 5.55. The van der Waals surface area contributed by atoms with Gasteiger partial charge in [-0.1, -0.05) is 17.7 Å². The van der Waals surface area contributed by atoms with E-state index >= 15 is 0 Å². The van der Waals surface area contributed by atoms with Crippen LogP contribution in [0, 0.1) is 13.8 Å². The molecular formula is C16H21ClN4O. The van der Waals surface area contributed by atoms with Crippen molar-refractivity contribution >= 4 is 17.5 Å². The summed E-state index contributed by atoms with van der Waals surface area (Å²) < 4.78 is 1.78. The number of pyridine rings is 1. The summed E-state index contributed by atoms with van der Waals surface area (Å²) in [4.78, 5) is 16.3. The Morgan fingerprint density at radius 3 is 2.77 bits per heavy atom. The molecule has 6 heteroatoms. The lowest BCUT2D eigenvalue weighted by Crippen LogP contribution is -2.34. The molecule has 0 fully saturated rings. The topological polar surface area (TPSA) is 59.8 Å².